The average molecular weight is 413 g/mol. The maximum Gasteiger partial charge on any atom is 0.219 e. The predicted octanol–water partition coefficient (Wildman–Crippen LogP) is 4.68. The first-order chi connectivity index (χ1) is 14.9. The van der Waals surface area contributed by atoms with Crippen molar-refractivity contribution in [1.82, 2.24) is 19.5 Å². The summed E-state index contributed by atoms with van der Waals surface area (Å²) in [5.41, 5.74) is 11.4. The largest absolute Gasteiger partial charge is 0.368 e. The number of fused-ring (bicyclic) bond motifs is 1. The fraction of sp³-hybridized carbons (Fsp3) is 0.261. The molecule has 0 spiro atoms. The molecule has 0 saturated carbocycles. The summed E-state index contributed by atoms with van der Waals surface area (Å²) in [4.78, 5) is 13.3. The predicted molar refractivity (Wildman–Crippen MR) is 123 cm³/mol. The fourth-order valence-corrected chi connectivity index (χ4v) is 3.97. The van der Waals surface area contributed by atoms with Crippen molar-refractivity contribution in [3.63, 3.8) is 0 Å². The summed E-state index contributed by atoms with van der Waals surface area (Å²) in [6, 6.07) is 14.5. The Morgan fingerprint density at radius 2 is 1.74 bits per heavy atom. The van der Waals surface area contributed by atoms with Crippen molar-refractivity contribution in [1.29, 1.82) is 0 Å². The van der Waals surface area contributed by atoms with Crippen LogP contribution in [0, 0.1) is 0 Å². The van der Waals surface area contributed by atoms with E-state index in [0.29, 0.717) is 6.54 Å². The van der Waals surface area contributed by atoms with Crippen LogP contribution in [-0.4, -0.2) is 32.6 Å². The van der Waals surface area contributed by atoms with Crippen LogP contribution in [0.4, 0.5) is 11.6 Å². The molecule has 2 aromatic heterocycles. The molecule has 0 atom stereocenters. The molecule has 3 heterocycles. The first-order valence-corrected chi connectivity index (χ1v) is 10.3. The van der Waals surface area contributed by atoms with Gasteiger partial charge in [-0.05, 0) is 50.6 Å². The van der Waals surface area contributed by atoms with E-state index in [4.69, 9.17) is 10.7 Å². The van der Waals surface area contributed by atoms with Crippen LogP contribution >= 0.6 is 0 Å². The zero-order chi connectivity index (χ0) is 21.6. The third-order valence-corrected chi connectivity index (χ3v) is 5.34. The smallest absolute Gasteiger partial charge is 0.219 e. The number of imidazole rings is 1. The molecule has 0 unspecified atom stereocenters. The van der Waals surface area contributed by atoms with Gasteiger partial charge in [-0.25, -0.2) is 20.0 Å². The molecule has 8 heteroatoms. The number of hydrogen-bond donors (Lipinski definition) is 1. The van der Waals surface area contributed by atoms with Gasteiger partial charge in [-0.15, -0.1) is 0 Å². The number of nitrogens with two attached hydrogens (primary N) is 1. The van der Waals surface area contributed by atoms with Crippen molar-refractivity contribution in [3.8, 4) is 22.5 Å². The molecule has 0 aliphatic carbocycles. The Kier molecular flexibility index (Phi) is 4.43. The van der Waals surface area contributed by atoms with Gasteiger partial charge in [-0.2, -0.15) is 5.11 Å². The molecule has 2 N–H and O–H groups in total. The lowest BCUT2D eigenvalue weighted by Crippen LogP contribution is -2.23. The Balaban J connectivity index is 1.72. The summed E-state index contributed by atoms with van der Waals surface area (Å²) in [6.07, 6.45) is 3.47. The van der Waals surface area contributed by atoms with E-state index in [-0.39, 0.29) is 11.5 Å². The van der Waals surface area contributed by atoms with E-state index in [1.807, 2.05) is 17.1 Å². The van der Waals surface area contributed by atoms with Gasteiger partial charge in [0.05, 0.1) is 29.8 Å². The van der Waals surface area contributed by atoms with Crippen molar-refractivity contribution in [2.24, 2.45) is 10.3 Å². The van der Waals surface area contributed by atoms with Crippen molar-refractivity contribution in [2.45, 2.75) is 26.3 Å². The van der Waals surface area contributed by atoms with Gasteiger partial charge in [0.1, 0.15) is 5.82 Å². The molecular formula is C23H24N8. The number of nitrogens with zero attached hydrogens (tertiary/aromatic N) is 7. The van der Waals surface area contributed by atoms with E-state index in [1.165, 1.54) is 0 Å². The number of anilines is 2. The standard InChI is InChI=1S/C23H24N8/c1-23(2,3)31-20-9-8-15(16-13-25-22(24)26-14-16)12-18(20)28-21(31)17-6-4-5-7-19(17)30-11-10-27-29-30/h4-9,12-14H,10-11H2,1-3H3,(H2,24,25,26). The number of rotatable bonds is 3. The monoisotopic (exact) mass is 412 g/mol. The second kappa shape index (κ2) is 7.16. The van der Waals surface area contributed by atoms with Gasteiger partial charge in [-0.1, -0.05) is 23.4 Å². The quantitative estimate of drug-likeness (QED) is 0.527. The molecular weight excluding hydrogens is 388 g/mol. The number of para-hydroxylation sites is 1. The van der Waals surface area contributed by atoms with Gasteiger partial charge < -0.3 is 10.3 Å². The molecule has 5 rings (SSSR count). The Hall–Kier alpha value is -3.81. The third-order valence-electron chi connectivity index (χ3n) is 5.34. The van der Waals surface area contributed by atoms with Gasteiger partial charge >= 0.3 is 0 Å². The second-order valence-corrected chi connectivity index (χ2v) is 8.57. The van der Waals surface area contributed by atoms with Crippen LogP contribution in [0.3, 0.4) is 0 Å². The van der Waals surface area contributed by atoms with Gasteiger partial charge in [0.15, 0.2) is 0 Å². The molecule has 156 valence electrons. The Morgan fingerprint density at radius 3 is 2.45 bits per heavy atom. The van der Waals surface area contributed by atoms with E-state index < -0.39 is 0 Å². The maximum absolute atomic E-state index is 5.64. The molecule has 31 heavy (non-hydrogen) atoms. The van der Waals surface area contributed by atoms with Gasteiger partial charge in [0.2, 0.25) is 5.95 Å². The fourth-order valence-electron chi connectivity index (χ4n) is 3.97. The SMILES string of the molecule is CC(C)(C)n1c(-c2ccccc2N2CCN=N2)nc2cc(-c3cnc(N)nc3)ccc21. The highest BCUT2D eigenvalue weighted by atomic mass is 15.6. The van der Waals surface area contributed by atoms with Crippen LogP contribution in [0.2, 0.25) is 0 Å². The summed E-state index contributed by atoms with van der Waals surface area (Å²) in [5.74, 6) is 1.17. The maximum atomic E-state index is 5.64. The van der Waals surface area contributed by atoms with Crippen molar-refractivity contribution in [2.75, 3.05) is 23.8 Å². The minimum Gasteiger partial charge on any atom is -0.368 e. The highest BCUT2D eigenvalue weighted by Crippen LogP contribution is 2.37. The minimum absolute atomic E-state index is 0.171. The molecule has 0 fully saturated rings. The zero-order valence-electron chi connectivity index (χ0n) is 17.8. The van der Waals surface area contributed by atoms with Crippen molar-refractivity contribution < 1.29 is 0 Å². The average Bonchev–Trinajstić information content (AvgIpc) is 3.41. The summed E-state index contributed by atoms with van der Waals surface area (Å²) < 4.78 is 2.29. The summed E-state index contributed by atoms with van der Waals surface area (Å²) in [6.45, 7) is 8.05. The lowest BCUT2D eigenvalue weighted by Gasteiger charge is -2.26. The van der Waals surface area contributed by atoms with E-state index in [1.54, 1.807) is 12.4 Å². The van der Waals surface area contributed by atoms with Crippen LogP contribution in [0.5, 0.6) is 0 Å². The summed E-state index contributed by atoms with van der Waals surface area (Å²) >= 11 is 0. The highest BCUT2D eigenvalue weighted by Gasteiger charge is 2.25. The molecule has 0 amide bonds. The molecule has 1 aliphatic rings. The normalized spacial score (nSPS) is 14.0. The lowest BCUT2D eigenvalue weighted by molar-refractivity contribution is 0.413. The Morgan fingerprint density at radius 1 is 0.968 bits per heavy atom. The van der Waals surface area contributed by atoms with Crippen LogP contribution in [0.1, 0.15) is 20.8 Å². The third kappa shape index (κ3) is 3.39. The number of hydrogen-bond acceptors (Lipinski definition) is 7. The van der Waals surface area contributed by atoms with Gasteiger partial charge in [0, 0.05) is 29.1 Å². The van der Waals surface area contributed by atoms with E-state index >= 15 is 0 Å². The topological polar surface area (TPSA) is 97.6 Å². The van der Waals surface area contributed by atoms with Crippen LogP contribution in [0.25, 0.3) is 33.5 Å². The van der Waals surface area contributed by atoms with Gasteiger partial charge in [-0.3, -0.25) is 0 Å². The molecule has 0 radical (unpaired) electrons. The molecule has 0 bridgehead atoms. The van der Waals surface area contributed by atoms with Crippen molar-refractivity contribution >= 4 is 22.7 Å². The van der Waals surface area contributed by atoms with Crippen LogP contribution in [0.15, 0.2) is 65.2 Å². The van der Waals surface area contributed by atoms with Gasteiger partial charge in [0.25, 0.3) is 0 Å². The first-order valence-electron chi connectivity index (χ1n) is 10.3. The van der Waals surface area contributed by atoms with Crippen LogP contribution in [-0.2, 0) is 5.54 Å². The Bertz CT molecular complexity index is 1280. The Labute approximate surface area is 180 Å². The molecule has 1 aliphatic heterocycles. The molecule has 0 saturated heterocycles. The summed E-state index contributed by atoms with van der Waals surface area (Å²) in [7, 11) is 0. The summed E-state index contributed by atoms with van der Waals surface area (Å²) in [5, 5.41) is 10.4. The zero-order valence-corrected chi connectivity index (χ0v) is 17.8. The van der Waals surface area contributed by atoms with E-state index in [0.717, 1.165) is 45.8 Å². The van der Waals surface area contributed by atoms with Crippen molar-refractivity contribution in [3.05, 3.63) is 54.9 Å². The van der Waals surface area contributed by atoms with E-state index in [9.17, 15) is 0 Å². The number of benzene rings is 2. The molecule has 4 aromatic rings. The lowest BCUT2D eigenvalue weighted by atomic mass is 10.0. The molecule has 8 nitrogen and oxygen atoms in total. The van der Waals surface area contributed by atoms with Crippen LogP contribution < -0.4 is 10.7 Å². The number of aromatic nitrogens is 4. The minimum atomic E-state index is -0.171. The highest BCUT2D eigenvalue weighted by molar-refractivity contribution is 5.88. The first kappa shape index (κ1) is 19.2. The second-order valence-electron chi connectivity index (χ2n) is 8.57. The van der Waals surface area contributed by atoms with E-state index in [2.05, 4.69) is 76.0 Å². The molecule has 2 aromatic carbocycles. The number of nitrogen functional groups attached to an aromatic ring is 1.